The predicted molar refractivity (Wildman–Crippen MR) is 91.7 cm³/mol. The van der Waals surface area contributed by atoms with Gasteiger partial charge in [-0.2, -0.15) is 0 Å². The summed E-state index contributed by atoms with van der Waals surface area (Å²) in [7, 11) is 0. The molecule has 1 saturated heterocycles. The molecule has 7 heteroatoms. The highest BCUT2D eigenvalue weighted by atomic mass is 35.5. The van der Waals surface area contributed by atoms with Crippen LogP contribution in [0.1, 0.15) is 40.0 Å². The Hall–Kier alpha value is -1.01. The average molecular weight is 343 g/mol. The SMILES string of the molecule is CC(C)(C)NC(=O)CSc1nc(Cl)cc(N2CCCCC2)n1. The Labute approximate surface area is 141 Å². The summed E-state index contributed by atoms with van der Waals surface area (Å²) in [4.78, 5) is 22.9. The van der Waals surface area contributed by atoms with Gasteiger partial charge >= 0.3 is 0 Å². The van der Waals surface area contributed by atoms with E-state index in [1.165, 1.54) is 31.0 Å². The maximum absolute atomic E-state index is 11.9. The standard InChI is InChI=1S/C15H23ClN4OS/c1-15(2,3)19-13(21)10-22-14-17-11(16)9-12(18-14)20-7-5-4-6-8-20/h9H,4-8,10H2,1-3H3,(H,19,21). The lowest BCUT2D eigenvalue weighted by atomic mass is 10.1. The van der Waals surface area contributed by atoms with Gasteiger partial charge < -0.3 is 10.2 Å². The van der Waals surface area contributed by atoms with E-state index >= 15 is 0 Å². The van der Waals surface area contributed by atoms with Crippen LogP contribution in [0.25, 0.3) is 0 Å². The molecule has 0 unspecified atom stereocenters. The maximum atomic E-state index is 11.9. The third-order valence-corrected chi connectivity index (χ3v) is 4.23. The number of carbonyl (C=O) groups excluding carboxylic acids is 1. The van der Waals surface area contributed by atoms with E-state index in [2.05, 4.69) is 20.2 Å². The molecule has 1 aromatic rings. The Morgan fingerprint density at radius 2 is 2.00 bits per heavy atom. The molecule has 5 nitrogen and oxygen atoms in total. The lowest BCUT2D eigenvalue weighted by Gasteiger charge is -2.27. The smallest absolute Gasteiger partial charge is 0.230 e. The van der Waals surface area contributed by atoms with E-state index in [0.29, 0.717) is 10.3 Å². The van der Waals surface area contributed by atoms with Gasteiger partial charge in [-0.1, -0.05) is 23.4 Å². The van der Waals surface area contributed by atoms with Gasteiger partial charge in [0.05, 0.1) is 5.75 Å². The Balaban J connectivity index is 1.99. The van der Waals surface area contributed by atoms with Crippen molar-refractivity contribution in [1.29, 1.82) is 0 Å². The van der Waals surface area contributed by atoms with Crippen LogP contribution in [-0.4, -0.2) is 40.3 Å². The summed E-state index contributed by atoms with van der Waals surface area (Å²) in [5.41, 5.74) is -0.230. The number of halogens is 1. The molecule has 0 aromatic carbocycles. The van der Waals surface area contributed by atoms with Gasteiger partial charge in [0.1, 0.15) is 11.0 Å². The number of rotatable bonds is 4. The van der Waals surface area contributed by atoms with Crippen LogP contribution in [0.3, 0.4) is 0 Å². The van der Waals surface area contributed by atoms with Gasteiger partial charge in [0.15, 0.2) is 5.16 Å². The molecule has 1 fully saturated rings. The van der Waals surface area contributed by atoms with Crippen molar-refractivity contribution in [2.24, 2.45) is 0 Å². The van der Waals surface area contributed by atoms with Crippen molar-refractivity contribution >= 4 is 35.1 Å². The van der Waals surface area contributed by atoms with Crippen LogP contribution in [-0.2, 0) is 4.79 Å². The quantitative estimate of drug-likeness (QED) is 0.517. The highest BCUT2D eigenvalue weighted by molar-refractivity contribution is 7.99. The second-order valence-electron chi connectivity index (χ2n) is 6.47. The average Bonchev–Trinajstić information content (AvgIpc) is 2.44. The van der Waals surface area contributed by atoms with Crippen LogP contribution < -0.4 is 10.2 Å². The highest BCUT2D eigenvalue weighted by Gasteiger charge is 2.17. The minimum Gasteiger partial charge on any atom is -0.356 e. The second-order valence-corrected chi connectivity index (χ2v) is 7.80. The third kappa shape index (κ3) is 5.65. The summed E-state index contributed by atoms with van der Waals surface area (Å²) in [6, 6.07) is 1.80. The van der Waals surface area contributed by atoms with E-state index in [1.54, 1.807) is 6.07 Å². The number of thioether (sulfide) groups is 1. The van der Waals surface area contributed by atoms with E-state index in [9.17, 15) is 4.79 Å². The number of nitrogens with one attached hydrogen (secondary N) is 1. The third-order valence-electron chi connectivity index (χ3n) is 3.19. The van der Waals surface area contributed by atoms with Crippen molar-refractivity contribution in [3.05, 3.63) is 11.2 Å². The second kappa shape index (κ2) is 7.51. The molecule has 122 valence electrons. The number of hydrogen-bond acceptors (Lipinski definition) is 5. The van der Waals surface area contributed by atoms with Crippen molar-refractivity contribution in [3.8, 4) is 0 Å². The molecule has 0 aliphatic carbocycles. The lowest BCUT2D eigenvalue weighted by molar-refractivity contribution is -0.119. The van der Waals surface area contributed by atoms with E-state index in [4.69, 9.17) is 11.6 Å². The van der Waals surface area contributed by atoms with Gasteiger partial charge in [-0.05, 0) is 40.0 Å². The molecule has 1 N–H and O–H groups in total. The first-order valence-corrected chi connectivity index (χ1v) is 8.93. The fourth-order valence-corrected chi connectivity index (χ4v) is 3.20. The van der Waals surface area contributed by atoms with E-state index < -0.39 is 0 Å². The summed E-state index contributed by atoms with van der Waals surface area (Å²) in [6.07, 6.45) is 3.63. The monoisotopic (exact) mass is 342 g/mol. The van der Waals surface area contributed by atoms with Crippen LogP contribution in [0, 0.1) is 0 Å². The Morgan fingerprint density at radius 1 is 1.32 bits per heavy atom. The molecular formula is C15H23ClN4OS. The maximum Gasteiger partial charge on any atom is 0.230 e. The minimum absolute atomic E-state index is 0.0272. The number of aromatic nitrogens is 2. The van der Waals surface area contributed by atoms with Gasteiger partial charge in [-0.3, -0.25) is 4.79 Å². The largest absolute Gasteiger partial charge is 0.356 e. The van der Waals surface area contributed by atoms with Crippen molar-refractivity contribution in [2.75, 3.05) is 23.7 Å². The first-order valence-electron chi connectivity index (χ1n) is 7.57. The number of hydrogen-bond donors (Lipinski definition) is 1. The first-order chi connectivity index (χ1) is 10.3. The summed E-state index contributed by atoms with van der Waals surface area (Å²) in [5.74, 6) is 1.12. The molecule has 0 spiro atoms. The van der Waals surface area contributed by atoms with Gasteiger partial charge in [0.25, 0.3) is 0 Å². The lowest BCUT2D eigenvalue weighted by Crippen LogP contribution is -2.41. The van der Waals surface area contributed by atoms with Crippen LogP contribution in [0.15, 0.2) is 11.2 Å². The molecular weight excluding hydrogens is 320 g/mol. The highest BCUT2D eigenvalue weighted by Crippen LogP contribution is 2.24. The predicted octanol–water partition coefficient (Wildman–Crippen LogP) is 3.13. The number of amides is 1. The molecule has 22 heavy (non-hydrogen) atoms. The number of piperidine rings is 1. The Morgan fingerprint density at radius 3 is 2.64 bits per heavy atom. The van der Waals surface area contributed by atoms with Crippen LogP contribution in [0.5, 0.6) is 0 Å². The van der Waals surface area contributed by atoms with Crippen LogP contribution in [0.2, 0.25) is 5.15 Å². The van der Waals surface area contributed by atoms with Crippen molar-refractivity contribution in [2.45, 2.75) is 50.7 Å². The van der Waals surface area contributed by atoms with Gasteiger partial charge in [-0.15, -0.1) is 0 Å². The van der Waals surface area contributed by atoms with Crippen molar-refractivity contribution in [3.63, 3.8) is 0 Å². The van der Waals surface area contributed by atoms with E-state index in [1.807, 2.05) is 20.8 Å². The molecule has 0 saturated carbocycles. The minimum atomic E-state index is -0.230. The molecule has 0 atom stereocenters. The number of nitrogens with zero attached hydrogens (tertiary/aromatic N) is 3. The summed E-state index contributed by atoms with van der Waals surface area (Å²) in [5, 5.41) is 3.90. The zero-order chi connectivity index (χ0) is 16.2. The van der Waals surface area contributed by atoms with Crippen LogP contribution in [0.4, 0.5) is 5.82 Å². The first kappa shape index (κ1) is 17.3. The van der Waals surface area contributed by atoms with E-state index in [-0.39, 0.29) is 17.2 Å². The summed E-state index contributed by atoms with van der Waals surface area (Å²) >= 11 is 7.42. The van der Waals surface area contributed by atoms with Gasteiger partial charge in [-0.25, -0.2) is 9.97 Å². The molecule has 1 aromatic heterocycles. The summed E-state index contributed by atoms with van der Waals surface area (Å²) in [6.45, 7) is 7.88. The zero-order valence-electron chi connectivity index (χ0n) is 13.4. The molecule has 0 bridgehead atoms. The van der Waals surface area contributed by atoms with Gasteiger partial charge in [0, 0.05) is 24.7 Å². The molecule has 2 rings (SSSR count). The van der Waals surface area contributed by atoms with Crippen molar-refractivity contribution < 1.29 is 4.79 Å². The molecule has 1 aliphatic heterocycles. The normalized spacial score (nSPS) is 15.7. The molecule has 1 aliphatic rings. The Bertz CT molecular complexity index is 527. The van der Waals surface area contributed by atoms with E-state index in [0.717, 1.165) is 18.9 Å². The Kier molecular flexibility index (Phi) is 5.92. The molecule has 0 radical (unpaired) electrons. The molecule has 1 amide bonds. The van der Waals surface area contributed by atoms with Gasteiger partial charge in [0.2, 0.25) is 5.91 Å². The zero-order valence-corrected chi connectivity index (χ0v) is 14.9. The van der Waals surface area contributed by atoms with Crippen molar-refractivity contribution in [1.82, 2.24) is 15.3 Å². The fraction of sp³-hybridized carbons (Fsp3) is 0.667. The number of carbonyl (C=O) groups is 1. The van der Waals surface area contributed by atoms with Crippen LogP contribution >= 0.6 is 23.4 Å². The molecule has 2 heterocycles. The summed E-state index contributed by atoms with van der Waals surface area (Å²) < 4.78 is 0. The topological polar surface area (TPSA) is 58.1 Å². The number of anilines is 1. The fourth-order valence-electron chi connectivity index (χ4n) is 2.32.